The lowest BCUT2D eigenvalue weighted by Gasteiger charge is -2.07. The number of aromatic nitrogens is 2. The van der Waals surface area contributed by atoms with Crippen LogP contribution in [0.1, 0.15) is 17.3 Å². The van der Waals surface area contributed by atoms with Gasteiger partial charge in [0.05, 0.1) is 12.1 Å². The van der Waals surface area contributed by atoms with E-state index in [1.807, 2.05) is 0 Å². The molecule has 0 amide bonds. The summed E-state index contributed by atoms with van der Waals surface area (Å²) in [6.45, 7) is 1.85. The van der Waals surface area contributed by atoms with Gasteiger partial charge in [-0.2, -0.15) is 0 Å². The van der Waals surface area contributed by atoms with Crippen LogP contribution in [0.3, 0.4) is 0 Å². The minimum Gasteiger partial charge on any atom is -0.462 e. The molecular formula is C15H12N2O4. The normalized spacial score (nSPS) is 10.9. The molecule has 2 heterocycles. The molecule has 0 aliphatic rings. The van der Waals surface area contributed by atoms with E-state index >= 15 is 0 Å². The van der Waals surface area contributed by atoms with E-state index in [2.05, 4.69) is 4.98 Å². The number of hydrogen-bond acceptors (Lipinski definition) is 4. The number of aromatic amines is 1. The Balaban J connectivity index is 2.45. The molecule has 0 aliphatic heterocycles. The second-order valence-electron chi connectivity index (χ2n) is 4.47. The summed E-state index contributed by atoms with van der Waals surface area (Å²) in [5.74, 6) is -0.691. The van der Waals surface area contributed by atoms with E-state index in [1.165, 1.54) is 16.7 Å². The molecule has 106 valence electrons. The van der Waals surface area contributed by atoms with Crippen molar-refractivity contribution < 1.29 is 9.53 Å². The van der Waals surface area contributed by atoms with Gasteiger partial charge in [-0.15, -0.1) is 0 Å². The van der Waals surface area contributed by atoms with E-state index < -0.39 is 11.5 Å². The summed E-state index contributed by atoms with van der Waals surface area (Å²) in [5.41, 5.74) is -0.0224. The number of carbonyl (C=O) groups excluding carboxylic acids is 1. The second-order valence-corrected chi connectivity index (χ2v) is 4.47. The second kappa shape index (κ2) is 4.90. The van der Waals surface area contributed by atoms with Crippen molar-refractivity contribution in [1.29, 1.82) is 0 Å². The van der Waals surface area contributed by atoms with Crippen LogP contribution in [0.2, 0.25) is 0 Å². The van der Waals surface area contributed by atoms with Gasteiger partial charge in [-0.3, -0.25) is 14.0 Å². The number of benzene rings is 1. The quantitative estimate of drug-likeness (QED) is 0.568. The molecule has 0 bridgehead atoms. The Morgan fingerprint density at radius 2 is 2.05 bits per heavy atom. The summed E-state index contributed by atoms with van der Waals surface area (Å²) in [4.78, 5) is 39.1. The Bertz CT molecular complexity index is 969. The molecule has 0 aliphatic carbocycles. The van der Waals surface area contributed by atoms with Gasteiger partial charge < -0.3 is 9.72 Å². The molecule has 0 spiro atoms. The van der Waals surface area contributed by atoms with E-state index in [4.69, 9.17) is 4.74 Å². The maximum Gasteiger partial charge on any atom is 0.345 e. The zero-order valence-electron chi connectivity index (χ0n) is 11.3. The predicted molar refractivity (Wildman–Crippen MR) is 77.8 cm³/mol. The van der Waals surface area contributed by atoms with Gasteiger partial charge in [-0.1, -0.05) is 12.1 Å². The lowest BCUT2D eigenvalue weighted by atomic mass is 10.2. The largest absolute Gasteiger partial charge is 0.462 e. The van der Waals surface area contributed by atoms with Crippen LogP contribution < -0.4 is 11.0 Å². The molecule has 0 saturated heterocycles. The number of carbonyl (C=O) groups is 1. The van der Waals surface area contributed by atoms with Crippen molar-refractivity contribution in [2.24, 2.45) is 0 Å². The lowest BCUT2D eigenvalue weighted by molar-refractivity contribution is 0.0523. The van der Waals surface area contributed by atoms with Gasteiger partial charge in [-0.05, 0) is 19.1 Å². The van der Waals surface area contributed by atoms with Crippen molar-refractivity contribution in [2.75, 3.05) is 6.61 Å². The SMILES string of the molecule is CCOC(=O)c1c[nH]c2cc(=O)c3ccccc3n2c1=O. The first-order chi connectivity index (χ1) is 10.1. The molecule has 0 unspecified atom stereocenters. The first-order valence-corrected chi connectivity index (χ1v) is 6.47. The van der Waals surface area contributed by atoms with E-state index in [1.54, 1.807) is 31.2 Å². The van der Waals surface area contributed by atoms with Gasteiger partial charge in [0.15, 0.2) is 5.43 Å². The van der Waals surface area contributed by atoms with Gasteiger partial charge in [0, 0.05) is 17.6 Å². The van der Waals surface area contributed by atoms with Crippen molar-refractivity contribution in [3.63, 3.8) is 0 Å². The number of para-hydroxylation sites is 1. The van der Waals surface area contributed by atoms with Gasteiger partial charge in [0.2, 0.25) is 0 Å². The number of esters is 1. The molecule has 0 atom stereocenters. The lowest BCUT2D eigenvalue weighted by Crippen LogP contribution is -2.26. The molecule has 0 saturated carbocycles. The molecule has 6 heteroatoms. The van der Waals surface area contributed by atoms with Crippen LogP contribution >= 0.6 is 0 Å². The fraction of sp³-hybridized carbons (Fsp3) is 0.133. The van der Waals surface area contributed by atoms with Crippen LogP contribution in [0.15, 0.2) is 46.1 Å². The summed E-state index contributed by atoms with van der Waals surface area (Å²) < 4.78 is 6.17. The number of nitrogens with one attached hydrogen (secondary N) is 1. The van der Waals surface area contributed by atoms with E-state index in [0.717, 1.165) is 0 Å². The van der Waals surface area contributed by atoms with Gasteiger partial charge in [0.25, 0.3) is 5.56 Å². The van der Waals surface area contributed by atoms with Crippen molar-refractivity contribution in [3.8, 4) is 0 Å². The highest BCUT2D eigenvalue weighted by Crippen LogP contribution is 2.10. The number of fused-ring (bicyclic) bond motifs is 3. The molecule has 0 fully saturated rings. The van der Waals surface area contributed by atoms with Gasteiger partial charge in [0.1, 0.15) is 11.2 Å². The minimum atomic E-state index is -0.691. The number of H-pyrrole nitrogens is 1. The molecule has 3 aromatic rings. The van der Waals surface area contributed by atoms with Crippen LogP contribution in [0.5, 0.6) is 0 Å². The number of nitrogens with zero attached hydrogens (tertiary/aromatic N) is 1. The van der Waals surface area contributed by atoms with Crippen LogP contribution in [-0.4, -0.2) is 22.0 Å². The highest BCUT2D eigenvalue weighted by molar-refractivity contribution is 5.90. The summed E-state index contributed by atoms with van der Waals surface area (Å²) in [6, 6.07) is 8.08. The molecule has 1 aromatic carbocycles. The molecule has 6 nitrogen and oxygen atoms in total. The fourth-order valence-corrected chi connectivity index (χ4v) is 2.28. The van der Waals surface area contributed by atoms with Crippen molar-refractivity contribution in [3.05, 3.63) is 62.7 Å². The van der Waals surface area contributed by atoms with E-state index in [9.17, 15) is 14.4 Å². The first kappa shape index (κ1) is 13.1. The Kier molecular flexibility index (Phi) is 3.06. The summed E-state index contributed by atoms with van der Waals surface area (Å²) in [6.07, 6.45) is 1.27. The number of rotatable bonds is 2. The first-order valence-electron chi connectivity index (χ1n) is 6.47. The standard InChI is InChI=1S/C15H12N2O4/c1-2-21-15(20)10-8-16-13-7-12(18)9-5-3-4-6-11(9)17(13)14(10)19/h3-8,16H,2H2,1H3. The zero-order chi connectivity index (χ0) is 15.0. The van der Waals surface area contributed by atoms with E-state index in [0.29, 0.717) is 16.6 Å². The van der Waals surface area contributed by atoms with E-state index in [-0.39, 0.29) is 17.6 Å². The van der Waals surface area contributed by atoms with Gasteiger partial charge in [-0.25, -0.2) is 4.79 Å². The maximum atomic E-state index is 12.5. The monoisotopic (exact) mass is 284 g/mol. The molecule has 21 heavy (non-hydrogen) atoms. The Hall–Kier alpha value is -2.89. The average Bonchev–Trinajstić information content (AvgIpc) is 2.48. The van der Waals surface area contributed by atoms with Crippen molar-refractivity contribution >= 4 is 22.5 Å². The van der Waals surface area contributed by atoms with Gasteiger partial charge >= 0.3 is 5.97 Å². The van der Waals surface area contributed by atoms with Crippen molar-refractivity contribution in [1.82, 2.24) is 9.38 Å². The van der Waals surface area contributed by atoms with Crippen LogP contribution in [0.25, 0.3) is 16.6 Å². The molecule has 2 aromatic heterocycles. The Morgan fingerprint density at radius 1 is 1.29 bits per heavy atom. The molecule has 0 radical (unpaired) electrons. The fourth-order valence-electron chi connectivity index (χ4n) is 2.28. The smallest absolute Gasteiger partial charge is 0.345 e. The average molecular weight is 284 g/mol. The molecular weight excluding hydrogens is 272 g/mol. The maximum absolute atomic E-state index is 12.5. The molecule has 1 N–H and O–H groups in total. The Labute approximate surface area is 118 Å². The third kappa shape index (κ3) is 2.01. The summed E-state index contributed by atoms with van der Waals surface area (Å²) >= 11 is 0. The highest BCUT2D eigenvalue weighted by Gasteiger charge is 2.15. The summed E-state index contributed by atoms with van der Waals surface area (Å²) in [7, 11) is 0. The van der Waals surface area contributed by atoms with Crippen molar-refractivity contribution in [2.45, 2.75) is 6.92 Å². The highest BCUT2D eigenvalue weighted by atomic mass is 16.5. The summed E-state index contributed by atoms with van der Waals surface area (Å²) in [5, 5.41) is 0.418. The third-order valence-electron chi connectivity index (χ3n) is 3.21. The number of hydrogen-bond donors (Lipinski definition) is 1. The number of pyridine rings is 1. The predicted octanol–water partition coefficient (Wildman–Crippen LogP) is 1.32. The van der Waals surface area contributed by atoms with Crippen LogP contribution in [0.4, 0.5) is 0 Å². The van der Waals surface area contributed by atoms with Crippen LogP contribution in [-0.2, 0) is 4.74 Å². The number of ether oxygens (including phenoxy) is 1. The van der Waals surface area contributed by atoms with Crippen LogP contribution in [0, 0.1) is 0 Å². The zero-order valence-corrected chi connectivity index (χ0v) is 11.3. The Morgan fingerprint density at radius 3 is 2.81 bits per heavy atom. The molecule has 3 rings (SSSR count). The topological polar surface area (TPSA) is 80.6 Å². The third-order valence-corrected chi connectivity index (χ3v) is 3.21. The minimum absolute atomic E-state index is 0.0989.